The molecule has 0 aliphatic rings. The Balaban J connectivity index is 1.44. The van der Waals surface area contributed by atoms with E-state index in [9.17, 15) is 14.4 Å². The van der Waals surface area contributed by atoms with E-state index < -0.39 is 0 Å². The monoisotopic (exact) mass is 415 g/mol. The summed E-state index contributed by atoms with van der Waals surface area (Å²) >= 11 is 0. The predicted octanol–water partition coefficient (Wildman–Crippen LogP) is 3.72. The van der Waals surface area contributed by atoms with Gasteiger partial charge in [0.2, 0.25) is 0 Å². The van der Waals surface area contributed by atoms with Gasteiger partial charge in [-0.1, -0.05) is 35.4 Å². The number of carbonyl (C=O) groups excluding carboxylic acids is 3. The molecule has 158 valence electrons. The van der Waals surface area contributed by atoms with Gasteiger partial charge in [0.05, 0.1) is 0 Å². The van der Waals surface area contributed by atoms with Crippen LogP contribution in [0.25, 0.3) is 0 Å². The second-order valence-corrected chi connectivity index (χ2v) is 7.28. The fourth-order valence-electron chi connectivity index (χ4n) is 2.87. The van der Waals surface area contributed by atoms with E-state index in [2.05, 4.69) is 16.0 Å². The second kappa shape index (κ2) is 10.2. The van der Waals surface area contributed by atoms with Gasteiger partial charge in [0.1, 0.15) is 0 Å². The maximum Gasteiger partial charge on any atom is 0.255 e. The van der Waals surface area contributed by atoms with Gasteiger partial charge in [0.25, 0.3) is 17.7 Å². The van der Waals surface area contributed by atoms with Gasteiger partial charge in [-0.2, -0.15) is 0 Å². The Morgan fingerprint density at radius 3 is 1.32 bits per heavy atom. The lowest BCUT2D eigenvalue weighted by Crippen LogP contribution is -2.34. The van der Waals surface area contributed by atoms with E-state index in [1.165, 1.54) is 0 Å². The van der Waals surface area contributed by atoms with Gasteiger partial charge in [-0.3, -0.25) is 14.4 Å². The maximum atomic E-state index is 12.3. The zero-order chi connectivity index (χ0) is 22.2. The molecular formula is C25H25N3O3. The molecule has 0 heterocycles. The van der Waals surface area contributed by atoms with Crippen molar-refractivity contribution < 1.29 is 14.4 Å². The number of nitrogens with one attached hydrogen (secondary N) is 3. The molecule has 3 aromatic rings. The molecular weight excluding hydrogens is 390 g/mol. The standard InChI is InChI=1S/C25H25N3O3/c1-17-3-7-19(8-4-17)23(29)26-15-16-27-24(30)20-11-13-22(14-12-20)28-25(31)21-9-5-18(2)6-10-21/h3-14H,15-16H2,1-2H3,(H,26,29)(H,27,30)(H,28,31). The summed E-state index contributed by atoms with van der Waals surface area (Å²) in [4.78, 5) is 36.6. The average molecular weight is 415 g/mol. The number of hydrogen-bond donors (Lipinski definition) is 3. The number of amides is 3. The van der Waals surface area contributed by atoms with Crippen LogP contribution in [-0.4, -0.2) is 30.8 Å². The highest BCUT2D eigenvalue weighted by Gasteiger charge is 2.09. The van der Waals surface area contributed by atoms with E-state index in [0.29, 0.717) is 35.5 Å². The van der Waals surface area contributed by atoms with Crippen LogP contribution in [0.5, 0.6) is 0 Å². The molecule has 0 aliphatic carbocycles. The van der Waals surface area contributed by atoms with Crippen LogP contribution in [0.2, 0.25) is 0 Å². The summed E-state index contributed by atoms with van der Waals surface area (Å²) in [7, 11) is 0. The number of anilines is 1. The van der Waals surface area contributed by atoms with Crippen LogP contribution in [0.3, 0.4) is 0 Å². The summed E-state index contributed by atoms with van der Waals surface area (Å²) < 4.78 is 0. The summed E-state index contributed by atoms with van der Waals surface area (Å²) in [5, 5.41) is 8.35. The number of rotatable bonds is 7. The number of hydrogen-bond acceptors (Lipinski definition) is 3. The van der Waals surface area contributed by atoms with Gasteiger partial charge in [-0.05, 0) is 62.4 Å². The molecule has 0 saturated carbocycles. The molecule has 31 heavy (non-hydrogen) atoms. The van der Waals surface area contributed by atoms with Gasteiger partial charge in [-0.25, -0.2) is 0 Å². The van der Waals surface area contributed by atoms with Crippen molar-refractivity contribution >= 4 is 23.4 Å². The quantitative estimate of drug-likeness (QED) is 0.514. The molecule has 6 nitrogen and oxygen atoms in total. The average Bonchev–Trinajstić information content (AvgIpc) is 2.78. The van der Waals surface area contributed by atoms with Crippen molar-refractivity contribution in [1.29, 1.82) is 0 Å². The normalized spacial score (nSPS) is 10.3. The Morgan fingerprint density at radius 2 is 0.903 bits per heavy atom. The molecule has 3 aromatic carbocycles. The summed E-state index contributed by atoms with van der Waals surface area (Å²) in [6, 6.07) is 21.2. The molecule has 0 unspecified atom stereocenters. The van der Waals surface area contributed by atoms with Gasteiger partial charge >= 0.3 is 0 Å². The third kappa shape index (κ3) is 6.27. The van der Waals surface area contributed by atoms with E-state index in [0.717, 1.165) is 11.1 Å². The second-order valence-electron chi connectivity index (χ2n) is 7.28. The van der Waals surface area contributed by atoms with Crippen molar-refractivity contribution in [2.24, 2.45) is 0 Å². The molecule has 3 rings (SSSR count). The van der Waals surface area contributed by atoms with Crippen LogP contribution in [0.1, 0.15) is 42.2 Å². The van der Waals surface area contributed by atoms with Crippen LogP contribution < -0.4 is 16.0 Å². The fourth-order valence-corrected chi connectivity index (χ4v) is 2.87. The number of aryl methyl sites for hydroxylation is 2. The summed E-state index contributed by atoms with van der Waals surface area (Å²) in [5.41, 5.74) is 4.40. The molecule has 6 heteroatoms. The Morgan fingerprint density at radius 1 is 0.548 bits per heavy atom. The Kier molecular flexibility index (Phi) is 7.17. The minimum atomic E-state index is -0.249. The van der Waals surface area contributed by atoms with Crippen molar-refractivity contribution in [1.82, 2.24) is 10.6 Å². The highest BCUT2D eigenvalue weighted by atomic mass is 16.2. The number of benzene rings is 3. The summed E-state index contributed by atoms with van der Waals surface area (Å²) in [6.07, 6.45) is 0. The van der Waals surface area contributed by atoms with E-state index in [1.54, 1.807) is 48.5 Å². The van der Waals surface area contributed by atoms with E-state index >= 15 is 0 Å². The van der Waals surface area contributed by atoms with Crippen LogP contribution >= 0.6 is 0 Å². The topological polar surface area (TPSA) is 87.3 Å². The molecule has 0 aliphatic heterocycles. The smallest absolute Gasteiger partial charge is 0.255 e. The van der Waals surface area contributed by atoms with Crippen molar-refractivity contribution in [3.8, 4) is 0 Å². The van der Waals surface area contributed by atoms with Crippen LogP contribution in [0, 0.1) is 13.8 Å². The lowest BCUT2D eigenvalue weighted by atomic mass is 10.1. The first-order chi connectivity index (χ1) is 14.9. The van der Waals surface area contributed by atoms with Crippen molar-refractivity contribution in [3.63, 3.8) is 0 Å². The van der Waals surface area contributed by atoms with Crippen molar-refractivity contribution in [2.75, 3.05) is 18.4 Å². The lowest BCUT2D eigenvalue weighted by molar-refractivity contribution is 0.0927. The first-order valence-corrected chi connectivity index (χ1v) is 10.0. The predicted molar refractivity (Wildman–Crippen MR) is 121 cm³/mol. The zero-order valence-corrected chi connectivity index (χ0v) is 17.6. The van der Waals surface area contributed by atoms with Crippen LogP contribution in [0.4, 0.5) is 5.69 Å². The number of carbonyl (C=O) groups is 3. The lowest BCUT2D eigenvalue weighted by Gasteiger charge is -2.09. The minimum Gasteiger partial charge on any atom is -0.350 e. The van der Waals surface area contributed by atoms with Crippen LogP contribution in [0.15, 0.2) is 72.8 Å². The Hall–Kier alpha value is -3.93. The summed E-state index contributed by atoms with van der Waals surface area (Å²) in [6.45, 7) is 4.55. The molecule has 0 bridgehead atoms. The van der Waals surface area contributed by atoms with Gasteiger partial charge in [0, 0.05) is 35.5 Å². The van der Waals surface area contributed by atoms with Gasteiger partial charge < -0.3 is 16.0 Å². The third-order valence-corrected chi connectivity index (χ3v) is 4.73. The molecule has 0 atom stereocenters. The Labute approximate surface area is 181 Å². The third-order valence-electron chi connectivity index (χ3n) is 4.73. The minimum absolute atomic E-state index is 0.178. The molecule has 3 amide bonds. The molecule has 0 spiro atoms. The fraction of sp³-hybridized carbons (Fsp3) is 0.160. The van der Waals surface area contributed by atoms with Crippen molar-refractivity contribution in [3.05, 3.63) is 101 Å². The molecule has 0 radical (unpaired) electrons. The molecule has 0 aromatic heterocycles. The highest BCUT2D eigenvalue weighted by Crippen LogP contribution is 2.12. The largest absolute Gasteiger partial charge is 0.350 e. The maximum absolute atomic E-state index is 12.3. The SMILES string of the molecule is Cc1ccc(C(=O)NCCNC(=O)c2ccc(NC(=O)c3ccc(C)cc3)cc2)cc1. The van der Waals surface area contributed by atoms with E-state index in [4.69, 9.17) is 0 Å². The highest BCUT2D eigenvalue weighted by molar-refractivity contribution is 6.04. The first-order valence-electron chi connectivity index (χ1n) is 10.0. The molecule has 0 fully saturated rings. The molecule has 3 N–H and O–H groups in total. The van der Waals surface area contributed by atoms with E-state index in [1.807, 2.05) is 38.1 Å². The first kappa shape index (κ1) is 21.8. The molecule has 0 saturated heterocycles. The zero-order valence-electron chi connectivity index (χ0n) is 17.6. The van der Waals surface area contributed by atoms with Crippen molar-refractivity contribution in [2.45, 2.75) is 13.8 Å². The summed E-state index contributed by atoms with van der Waals surface area (Å²) in [5.74, 6) is -0.634. The van der Waals surface area contributed by atoms with Crippen LogP contribution in [-0.2, 0) is 0 Å². The van der Waals surface area contributed by atoms with Gasteiger partial charge in [-0.15, -0.1) is 0 Å². The van der Waals surface area contributed by atoms with E-state index in [-0.39, 0.29) is 17.7 Å². The van der Waals surface area contributed by atoms with Gasteiger partial charge in [0.15, 0.2) is 0 Å². The Bertz CT molecular complexity index is 1060.